The molecule has 0 bridgehead atoms. The summed E-state index contributed by atoms with van der Waals surface area (Å²) in [4.78, 5) is 0. The van der Waals surface area contributed by atoms with E-state index in [1.165, 1.54) is 51.4 Å². The van der Waals surface area contributed by atoms with Crippen LogP contribution < -0.4 is 0 Å². The smallest absolute Gasteiger partial charge is 0.0320 e. The summed E-state index contributed by atoms with van der Waals surface area (Å²) < 4.78 is 0. The van der Waals surface area contributed by atoms with Crippen LogP contribution in [0.5, 0.6) is 0 Å². The van der Waals surface area contributed by atoms with Crippen molar-refractivity contribution in [1.29, 1.82) is 0 Å². The van der Waals surface area contributed by atoms with E-state index in [9.17, 15) is 0 Å². The summed E-state index contributed by atoms with van der Waals surface area (Å²) in [6.45, 7) is 0. The molecular weight excluding hydrogens is 132 g/mol. The monoisotopic (exact) mass is 150 g/mol. The van der Waals surface area contributed by atoms with Crippen molar-refractivity contribution in [1.82, 2.24) is 0 Å². The lowest BCUT2D eigenvalue weighted by Crippen LogP contribution is -1.93. The first-order valence-corrected chi connectivity index (χ1v) is 5.13. The van der Waals surface area contributed by atoms with Crippen LogP contribution in [0.4, 0.5) is 0 Å². The highest BCUT2D eigenvalue weighted by Crippen LogP contribution is 2.34. The highest BCUT2D eigenvalue weighted by molar-refractivity contribution is 5.05. The largest absolute Gasteiger partial charge is 0.0851 e. The van der Waals surface area contributed by atoms with Crippen molar-refractivity contribution in [3.05, 3.63) is 11.6 Å². The van der Waals surface area contributed by atoms with E-state index in [2.05, 4.69) is 6.08 Å². The minimum Gasteiger partial charge on any atom is -0.0851 e. The Kier molecular flexibility index (Phi) is 2.30. The van der Waals surface area contributed by atoms with Gasteiger partial charge in [0, 0.05) is 0 Å². The fraction of sp³-hybridized carbons (Fsp3) is 0.818. The molecule has 0 aromatic heterocycles. The standard InChI is InChI=1S/C11H18/c1-2-4-10(5-3-1)6-7-11-8-9-11/h6,11H,1-5,7-9H2. The van der Waals surface area contributed by atoms with Crippen molar-refractivity contribution in [3.63, 3.8) is 0 Å². The van der Waals surface area contributed by atoms with Crippen molar-refractivity contribution in [2.24, 2.45) is 5.92 Å². The average molecular weight is 150 g/mol. The van der Waals surface area contributed by atoms with Crippen molar-refractivity contribution in [2.45, 2.75) is 51.4 Å². The van der Waals surface area contributed by atoms with E-state index in [0.717, 1.165) is 5.92 Å². The van der Waals surface area contributed by atoms with E-state index in [4.69, 9.17) is 0 Å². The first kappa shape index (κ1) is 7.39. The molecule has 0 spiro atoms. The van der Waals surface area contributed by atoms with Crippen LogP contribution in [-0.2, 0) is 0 Å². The van der Waals surface area contributed by atoms with Gasteiger partial charge in [0.15, 0.2) is 0 Å². The Morgan fingerprint density at radius 1 is 1.09 bits per heavy atom. The average Bonchev–Trinajstić information content (AvgIpc) is 2.86. The minimum absolute atomic E-state index is 1.09. The molecule has 0 amide bonds. The highest BCUT2D eigenvalue weighted by Gasteiger charge is 2.19. The Morgan fingerprint density at radius 3 is 2.45 bits per heavy atom. The van der Waals surface area contributed by atoms with Gasteiger partial charge in [0.2, 0.25) is 0 Å². The van der Waals surface area contributed by atoms with Gasteiger partial charge in [-0.15, -0.1) is 0 Å². The molecule has 62 valence electrons. The van der Waals surface area contributed by atoms with Crippen molar-refractivity contribution in [2.75, 3.05) is 0 Å². The van der Waals surface area contributed by atoms with Crippen LogP contribution >= 0.6 is 0 Å². The fourth-order valence-corrected chi connectivity index (χ4v) is 1.90. The third kappa shape index (κ3) is 2.36. The van der Waals surface area contributed by atoms with Crippen molar-refractivity contribution in [3.8, 4) is 0 Å². The van der Waals surface area contributed by atoms with Crippen LogP contribution in [-0.4, -0.2) is 0 Å². The number of hydrogen-bond donors (Lipinski definition) is 0. The molecule has 0 aromatic rings. The third-order valence-electron chi connectivity index (χ3n) is 2.93. The summed E-state index contributed by atoms with van der Waals surface area (Å²) in [5, 5.41) is 0. The zero-order valence-electron chi connectivity index (χ0n) is 7.31. The molecule has 2 fully saturated rings. The maximum absolute atomic E-state index is 2.54. The third-order valence-corrected chi connectivity index (χ3v) is 2.93. The van der Waals surface area contributed by atoms with Crippen molar-refractivity contribution >= 4 is 0 Å². The Labute approximate surface area is 69.7 Å². The van der Waals surface area contributed by atoms with Gasteiger partial charge in [0.25, 0.3) is 0 Å². The summed E-state index contributed by atoms with van der Waals surface area (Å²) in [5.74, 6) is 1.09. The maximum Gasteiger partial charge on any atom is -0.0320 e. The summed E-state index contributed by atoms with van der Waals surface area (Å²) in [7, 11) is 0. The Balaban J connectivity index is 1.75. The lowest BCUT2D eigenvalue weighted by molar-refractivity contribution is 0.594. The number of hydrogen-bond acceptors (Lipinski definition) is 0. The molecule has 0 radical (unpaired) electrons. The summed E-state index contributed by atoms with van der Waals surface area (Å²) in [5.41, 5.74) is 1.77. The maximum atomic E-state index is 2.54. The molecule has 0 heterocycles. The predicted molar refractivity (Wildman–Crippen MR) is 48.5 cm³/mol. The number of allylic oxidation sites excluding steroid dienone is 2. The van der Waals surface area contributed by atoms with Gasteiger partial charge in [-0.1, -0.05) is 18.1 Å². The molecule has 2 aliphatic carbocycles. The lowest BCUT2D eigenvalue weighted by Gasteiger charge is -2.12. The van der Waals surface area contributed by atoms with E-state index in [-0.39, 0.29) is 0 Å². The van der Waals surface area contributed by atoms with Crippen LogP contribution in [0.2, 0.25) is 0 Å². The molecule has 0 saturated heterocycles. The zero-order chi connectivity index (χ0) is 7.52. The van der Waals surface area contributed by atoms with E-state index in [0.29, 0.717) is 0 Å². The van der Waals surface area contributed by atoms with Crippen LogP contribution in [0.1, 0.15) is 51.4 Å². The number of rotatable bonds is 2. The van der Waals surface area contributed by atoms with Crippen LogP contribution in [0, 0.1) is 5.92 Å². The van der Waals surface area contributed by atoms with Gasteiger partial charge in [-0.3, -0.25) is 0 Å². The molecule has 2 rings (SSSR count). The van der Waals surface area contributed by atoms with Gasteiger partial charge >= 0.3 is 0 Å². The van der Waals surface area contributed by atoms with E-state index in [1.54, 1.807) is 5.57 Å². The predicted octanol–water partition coefficient (Wildman–Crippen LogP) is 3.68. The molecule has 2 aliphatic rings. The SMILES string of the molecule is C(CC1CC1)=C1CCCCC1. The molecule has 0 unspecified atom stereocenters. The van der Waals surface area contributed by atoms with Crippen LogP contribution in [0.3, 0.4) is 0 Å². The minimum atomic E-state index is 1.09. The Morgan fingerprint density at radius 2 is 1.82 bits per heavy atom. The molecule has 11 heavy (non-hydrogen) atoms. The van der Waals surface area contributed by atoms with E-state index in [1.807, 2.05) is 0 Å². The first-order valence-electron chi connectivity index (χ1n) is 5.13. The highest BCUT2D eigenvalue weighted by atomic mass is 14.2. The molecule has 0 aromatic carbocycles. The van der Waals surface area contributed by atoms with Crippen molar-refractivity contribution < 1.29 is 0 Å². The Hall–Kier alpha value is -0.260. The van der Waals surface area contributed by atoms with Gasteiger partial charge in [-0.25, -0.2) is 0 Å². The molecule has 0 aliphatic heterocycles. The summed E-state index contributed by atoms with van der Waals surface area (Å²) in [6, 6.07) is 0. The van der Waals surface area contributed by atoms with Gasteiger partial charge in [-0.2, -0.15) is 0 Å². The van der Waals surface area contributed by atoms with E-state index < -0.39 is 0 Å². The molecule has 0 heteroatoms. The molecule has 0 N–H and O–H groups in total. The van der Waals surface area contributed by atoms with Gasteiger partial charge in [0.1, 0.15) is 0 Å². The zero-order valence-corrected chi connectivity index (χ0v) is 7.31. The second kappa shape index (κ2) is 3.42. The van der Waals surface area contributed by atoms with Gasteiger partial charge < -0.3 is 0 Å². The molecule has 0 nitrogen and oxygen atoms in total. The van der Waals surface area contributed by atoms with Crippen LogP contribution in [0.25, 0.3) is 0 Å². The second-order valence-electron chi connectivity index (χ2n) is 4.10. The Bertz CT molecular complexity index is 143. The first-order chi connectivity index (χ1) is 5.45. The quantitative estimate of drug-likeness (QED) is 0.527. The topological polar surface area (TPSA) is 0 Å². The van der Waals surface area contributed by atoms with E-state index >= 15 is 0 Å². The lowest BCUT2D eigenvalue weighted by atomic mass is 9.94. The van der Waals surface area contributed by atoms with Gasteiger partial charge in [-0.05, 0) is 50.9 Å². The van der Waals surface area contributed by atoms with Gasteiger partial charge in [0.05, 0.1) is 0 Å². The fourth-order valence-electron chi connectivity index (χ4n) is 1.90. The summed E-state index contributed by atoms with van der Waals surface area (Å²) >= 11 is 0. The molecule has 2 saturated carbocycles. The van der Waals surface area contributed by atoms with Crippen LogP contribution in [0.15, 0.2) is 11.6 Å². The molecular formula is C11H18. The normalized spacial score (nSPS) is 25.3. The second-order valence-corrected chi connectivity index (χ2v) is 4.10. The summed E-state index contributed by atoms with van der Waals surface area (Å²) in [6.07, 6.45) is 14.1. The molecule has 0 atom stereocenters.